The summed E-state index contributed by atoms with van der Waals surface area (Å²) in [6, 6.07) is 5.21. The Morgan fingerprint density at radius 2 is 2.00 bits per heavy atom. The Balaban J connectivity index is 2.39. The molecule has 0 aliphatic rings. The molecule has 1 aromatic carbocycles. The summed E-state index contributed by atoms with van der Waals surface area (Å²) in [6.45, 7) is 6.17. The second kappa shape index (κ2) is 9.51. The highest BCUT2D eigenvalue weighted by molar-refractivity contribution is 8.23. The molecule has 0 bridgehead atoms. The predicted molar refractivity (Wildman–Crippen MR) is 96.3 cm³/mol. The molecule has 0 saturated heterocycles. The Hall–Kier alpha value is -0.490. The largest absolute Gasteiger partial charge is 0.358 e. The minimum absolute atomic E-state index is 0.0690. The molecule has 116 valence electrons. The van der Waals surface area contributed by atoms with Gasteiger partial charge in [0.15, 0.2) is 0 Å². The first kappa shape index (κ1) is 18.6. The molecule has 3 nitrogen and oxygen atoms in total. The number of nitrogens with one attached hydrogen (secondary N) is 1. The van der Waals surface area contributed by atoms with Gasteiger partial charge in [-0.2, -0.15) is 0 Å². The van der Waals surface area contributed by atoms with Crippen LogP contribution in [0.4, 0.5) is 0 Å². The van der Waals surface area contributed by atoms with E-state index < -0.39 is 0 Å². The third-order valence-electron chi connectivity index (χ3n) is 2.84. The monoisotopic (exact) mass is 364 g/mol. The Bertz CT molecular complexity index is 508. The summed E-state index contributed by atoms with van der Waals surface area (Å²) in [5.41, 5.74) is 0.839. The van der Waals surface area contributed by atoms with E-state index in [1.54, 1.807) is 18.2 Å². The smallest absolute Gasteiger partial charge is 0.230 e. The van der Waals surface area contributed by atoms with Crippen LogP contribution in [0, 0.1) is 0 Å². The number of rotatable bonds is 6. The van der Waals surface area contributed by atoms with Gasteiger partial charge in [0.1, 0.15) is 4.32 Å². The van der Waals surface area contributed by atoms with Crippen LogP contribution in [0.2, 0.25) is 10.0 Å². The fourth-order valence-electron chi connectivity index (χ4n) is 1.61. The molecule has 0 aliphatic carbocycles. The zero-order valence-electron chi connectivity index (χ0n) is 12.0. The second-order valence-electron chi connectivity index (χ2n) is 4.24. The van der Waals surface area contributed by atoms with Gasteiger partial charge in [-0.3, -0.25) is 4.79 Å². The summed E-state index contributed by atoms with van der Waals surface area (Å²) >= 11 is 18.5. The Labute approximate surface area is 145 Å². The van der Waals surface area contributed by atoms with E-state index in [0.29, 0.717) is 22.3 Å². The van der Waals surface area contributed by atoms with E-state index in [1.165, 1.54) is 11.8 Å². The molecule has 1 N–H and O–H groups in total. The third kappa shape index (κ3) is 6.43. The summed E-state index contributed by atoms with van der Waals surface area (Å²) < 4.78 is 0.750. The van der Waals surface area contributed by atoms with Gasteiger partial charge in [-0.05, 0) is 31.5 Å². The molecule has 1 rings (SSSR count). The van der Waals surface area contributed by atoms with Crippen LogP contribution in [0.15, 0.2) is 18.2 Å². The van der Waals surface area contributed by atoms with Crippen molar-refractivity contribution in [2.45, 2.75) is 20.4 Å². The zero-order valence-corrected chi connectivity index (χ0v) is 15.1. The number of hydrogen-bond donors (Lipinski definition) is 1. The molecule has 0 aliphatic heterocycles. The molecule has 0 fully saturated rings. The van der Waals surface area contributed by atoms with Crippen molar-refractivity contribution in [1.82, 2.24) is 10.2 Å². The van der Waals surface area contributed by atoms with Crippen LogP contribution >= 0.6 is 47.2 Å². The highest BCUT2D eigenvalue weighted by Crippen LogP contribution is 2.20. The molecule has 0 saturated carbocycles. The van der Waals surface area contributed by atoms with Gasteiger partial charge in [0.2, 0.25) is 5.91 Å². The van der Waals surface area contributed by atoms with E-state index >= 15 is 0 Å². The maximum absolute atomic E-state index is 11.8. The van der Waals surface area contributed by atoms with Gasteiger partial charge >= 0.3 is 0 Å². The number of halogens is 2. The molecule has 1 aromatic rings. The Kier molecular flexibility index (Phi) is 8.41. The minimum atomic E-state index is -0.0690. The second-order valence-corrected chi connectivity index (χ2v) is 6.69. The highest BCUT2D eigenvalue weighted by Gasteiger charge is 2.10. The van der Waals surface area contributed by atoms with E-state index in [1.807, 2.05) is 18.7 Å². The van der Waals surface area contributed by atoms with Gasteiger partial charge in [0, 0.05) is 29.7 Å². The lowest BCUT2D eigenvalue weighted by Crippen LogP contribution is -2.30. The number of benzene rings is 1. The molecule has 0 atom stereocenters. The first-order valence-corrected chi connectivity index (χ1v) is 8.75. The lowest BCUT2D eigenvalue weighted by molar-refractivity contribution is -0.118. The van der Waals surface area contributed by atoms with Crippen molar-refractivity contribution in [1.29, 1.82) is 0 Å². The van der Waals surface area contributed by atoms with Crippen molar-refractivity contribution >= 4 is 57.4 Å². The van der Waals surface area contributed by atoms with Crippen LogP contribution in [0.5, 0.6) is 0 Å². The zero-order chi connectivity index (χ0) is 15.8. The van der Waals surface area contributed by atoms with Crippen molar-refractivity contribution in [3.8, 4) is 0 Å². The number of carbonyl (C=O) groups is 1. The molecule has 1 amide bonds. The van der Waals surface area contributed by atoms with E-state index in [0.717, 1.165) is 23.0 Å². The number of thiocarbonyl (C=S) groups is 1. The van der Waals surface area contributed by atoms with Crippen molar-refractivity contribution < 1.29 is 4.79 Å². The molecule has 0 radical (unpaired) electrons. The summed E-state index contributed by atoms with van der Waals surface area (Å²) in [5, 5.41) is 3.95. The molecule has 0 heterocycles. The quantitative estimate of drug-likeness (QED) is 0.774. The van der Waals surface area contributed by atoms with Crippen LogP contribution < -0.4 is 5.32 Å². The molecule has 7 heteroatoms. The van der Waals surface area contributed by atoms with E-state index in [-0.39, 0.29) is 5.91 Å². The average Bonchev–Trinajstić information content (AvgIpc) is 2.45. The number of nitrogens with zero attached hydrogens (tertiary/aromatic N) is 1. The van der Waals surface area contributed by atoms with Crippen LogP contribution in [0.1, 0.15) is 19.4 Å². The fourth-order valence-corrected chi connectivity index (χ4v) is 3.32. The van der Waals surface area contributed by atoms with Crippen molar-refractivity contribution in [3.63, 3.8) is 0 Å². The molecule has 0 aromatic heterocycles. The van der Waals surface area contributed by atoms with Crippen molar-refractivity contribution in [2.24, 2.45) is 0 Å². The fraction of sp³-hybridized carbons (Fsp3) is 0.429. The van der Waals surface area contributed by atoms with E-state index in [9.17, 15) is 4.79 Å². The van der Waals surface area contributed by atoms with Gasteiger partial charge in [0.05, 0.1) is 5.75 Å². The van der Waals surface area contributed by atoms with Crippen LogP contribution in [-0.4, -0.2) is 34.0 Å². The molecular weight excluding hydrogens is 347 g/mol. The number of hydrogen-bond acceptors (Lipinski definition) is 3. The molecule has 0 spiro atoms. The van der Waals surface area contributed by atoms with Gasteiger partial charge in [-0.25, -0.2) is 0 Å². The van der Waals surface area contributed by atoms with E-state index in [2.05, 4.69) is 5.32 Å². The first-order valence-electron chi connectivity index (χ1n) is 6.60. The van der Waals surface area contributed by atoms with Gasteiger partial charge < -0.3 is 10.2 Å². The topological polar surface area (TPSA) is 32.3 Å². The normalized spacial score (nSPS) is 10.3. The van der Waals surface area contributed by atoms with Gasteiger partial charge in [-0.15, -0.1) is 0 Å². The number of carbonyl (C=O) groups excluding carboxylic acids is 1. The van der Waals surface area contributed by atoms with Crippen molar-refractivity contribution in [3.05, 3.63) is 33.8 Å². The minimum Gasteiger partial charge on any atom is -0.358 e. The van der Waals surface area contributed by atoms with E-state index in [4.69, 9.17) is 35.4 Å². The van der Waals surface area contributed by atoms with Crippen LogP contribution in [0.3, 0.4) is 0 Å². The van der Waals surface area contributed by atoms with Crippen LogP contribution in [0.25, 0.3) is 0 Å². The Morgan fingerprint density at radius 1 is 1.33 bits per heavy atom. The lowest BCUT2D eigenvalue weighted by Gasteiger charge is -2.20. The summed E-state index contributed by atoms with van der Waals surface area (Å²) in [4.78, 5) is 13.9. The summed E-state index contributed by atoms with van der Waals surface area (Å²) in [5.74, 6) is 0.237. The summed E-state index contributed by atoms with van der Waals surface area (Å²) in [7, 11) is 0. The van der Waals surface area contributed by atoms with Crippen molar-refractivity contribution in [2.75, 3.05) is 18.8 Å². The molecular formula is C14H18Cl2N2OS2. The molecule has 0 unspecified atom stereocenters. The third-order valence-corrected chi connectivity index (χ3v) is 4.95. The number of amides is 1. The number of thioether (sulfide) groups is 1. The molecule has 21 heavy (non-hydrogen) atoms. The highest BCUT2D eigenvalue weighted by atomic mass is 35.5. The Morgan fingerprint density at radius 3 is 2.57 bits per heavy atom. The SMILES string of the molecule is CCN(CC)C(=S)SCC(=O)NCc1ccc(Cl)cc1Cl. The summed E-state index contributed by atoms with van der Waals surface area (Å²) in [6.07, 6.45) is 0. The predicted octanol–water partition coefficient (Wildman–Crippen LogP) is 3.97. The van der Waals surface area contributed by atoms with Gasteiger partial charge in [0.25, 0.3) is 0 Å². The van der Waals surface area contributed by atoms with Crippen LogP contribution in [-0.2, 0) is 11.3 Å². The average molecular weight is 365 g/mol. The standard InChI is InChI=1S/C14H18Cl2N2OS2/c1-3-18(4-2)14(20)21-9-13(19)17-8-10-5-6-11(15)7-12(10)16/h5-7H,3-4,8-9H2,1-2H3,(H,17,19). The maximum atomic E-state index is 11.8. The lowest BCUT2D eigenvalue weighted by atomic mass is 10.2. The maximum Gasteiger partial charge on any atom is 0.230 e. The first-order chi connectivity index (χ1) is 9.97. The van der Waals surface area contributed by atoms with Gasteiger partial charge in [-0.1, -0.05) is 53.2 Å².